The molecular weight excluding hydrogens is 122 g/mol. The molecule has 1 nitrogen and oxygen atoms in total. The summed E-state index contributed by atoms with van der Waals surface area (Å²) in [5, 5.41) is 0. The van der Waals surface area contributed by atoms with Gasteiger partial charge in [-0.05, 0) is 25.3 Å². The standard InChI is InChI=1S/C9H19N/c1-4-9-5-8(2)6-10(3)7-9/h8-9H,4-7H2,1-3H3. The molecule has 2 unspecified atom stereocenters. The summed E-state index contributed by atoms with van der Waals surface area (Å²) >= 11 is 0. The van der Waals surface area contributed by atoms with Crippen LogP contribution in [0.15, 0.2) is 0 Å². The van der Waals surface area contributed by atoms with Gasteiger partial charge < -0.3 is 4.90 Å². The predicted molar refractivity (Wildman–Crippen MR) is 45.1 cm³/mol. The van der Waals surface area contributed by atoms with Crippen molar-refractivity contribution in [1.82, 2.24) is 4.90 Å². The van der Waals surface area contributed by atoms with Crippen LogP contribution in [0, 0.1) is 11.8 Å². The highest BCUT2D eigenvalue weighted by molar-refractivity contribution is 4.73. The molecule has 60 valence electrons. The zero-order chi connectivity index (χ0) is 7.56. The molecule has 0 aromatic rings. The molecule has 0 aromatic carbocycles. The lowest BCUT2D eigenvalue weighted by molar-refractivity contribution is 0.158. The first-order chi connectivity index (χ1) is 4.72. The van der Waals surface area contributed by atoms with Gasteiger partial charge in [0.2, 0.25) is 0 Å². The summed E-state index contributed by atoms with van der Waals surface area (Å²) in [7, 11) is 2.23. The summed E-state index contributed by atoms with van der Waals surface area (Å²) < 4.78 is 0. The Morgan fingerprint density at radius 1 is 1.40 bits per heavy atom. The van der Waals surface area contributed by atoms with Crippen molar-refractivity contribution in [3.63, 3.8) is 0 Å². The lowest BCUT2D eigenvalue weighted by Gasteiger charge is -2.33. The molecule has 1 fully saturated rings. The second-order valence-electron chi connectivity index (χ2n) is 3.84. The summed E-state index contributed by atoms with van der Waals surface area (Å²) in [5.74, 6) is 1.89. The Hall–Kier alpha value is -0.0400. The number of hydrogen-bond acceptors (Lipinski definition) is 1. The van der Waals surface area contributed by atoms with Crippen LogP contribution >= 0.6 is 0 Å². The minimum Gasteiger partial charge on any atom is -0.306 e. The average Bonchev–Trinajstić information content (AvgIpc) is 1.85. The van der Waals surface area contributed by atoms with Crippen LogP contribution in [-0.2, 0) is 0 Å². The van der Waals surface area contributed by atoms with E-state index in [1.807, 2.05) is 0 Å². The van der Waals surface area contributed by atoms with Crippen molar-refractivity contribution in [2.24, 2.45) is 11.8 Å². The molecule has 1 heterocycles. The Morgan fingerprint density at radius 2 is 2.10 bits per heavy atom. The minimum absolute atomic E-state index is 0.920. The summed E-state index contributed by atoms with van der Waals surface area (Å²) in [6.45, 7) is 7.28. The molecule has 1 rings (SSSR count). The van der Waals surface area contributed by atoms with E-state index < -0.39 is 0 Å². The first kappa shape index (κ1) is 8.06. The maximum atomic E-state index is 2.46. The van der Waals surface area contributed by atoms with Gasteiger partial charge in [0.25, 0.3) is 0 Å². The maximum Gasteiger partial charge on any atom is 0.000673 e. The summed E-state index contributed by atoms with van der Waals surface area (Å²) in [6, 6.07) is 0. The van der Waals surface area contributed by atoms with Crippen molar-refractivity contribution in [3.8, 4) is 0 Å². The van der Waals surface area contributed by atoms with E-state index in [1.54, 1.807) is 0 Å². The molecule has 0 aromatic heterocycles. The van der Waals surface area contributed by atoms with Crippen LogP contribution in [0.4, 0.5) is 0 Å². The number of piperidine rings is 1. The first-order valence-electron chi connectivity index (χ1n) is 4.41. The third-order valence-corrected chi connectivity index (χ3v) is 2.51. The third-order valence-electron chi connectivity index (χ3n) is 2.51. The highest BCUT2D eigenvalue weighted by Crippen LogP contribution is 2.22. The smallest absolute Gasteiger partial charge is 0.000673 e. The van der Waals surface area contributed by atoms with E-state index in [1.165, 1.54) is 25.9 Å². The van der Waals surface area contributed by atoms with Gasteiger partial charge in [-0.15, -0.1) is 0 Å². The molecule has 0 spiro atoms. The molecule has 0 aliphatic carbocycles. The fraction of sp³-hybridized carbons (Fsp3) is 1.00. The third kappa shape index (κ3) is 1.98. The van der Waals surface area contributed by atoms with Crippen LogP contribution in [0.3, 0.4) is 0 Å². The molecule has 2 atom stereocenters. The second-order valence-corrected chi connectivity index (χ2v) is 3.84. The van der Waals surface area contributed by atoms with E-state index in [0.717, 1.165) is 11.8 Å². The van der Waals surface area contributed by atoms with Crippen molar-refractivity contribution in [2.45, 2.75) is 26.7 Å². The molecule has 0 bridgehead atoms. The maximum absolute atomic E-state index is 2.46. The van der Waals surface area contributed by atoms with Crippen LogP contribution in [0.5, 0.6) is 0 Å². The van der Waals surface area contributed by atoms with Gasteiger partial charge >= 0.3 is 0 Å². The highest BCUT2D eigenvalue weighted by atomic mass is 15.1. The fourth-order valence-corrected chi connectivity index (χ4v) is 2.06. The average molecular weight is 141 g/mol. The SMILES string of the molecule is CCC1CC(C)CN(C)C1. The van der Waals surface area contributed by atoms with E-state index in [-0.39, 0.29) is 0 Å². The van der Waals surface area contributed by atoms with Crippen LogP contribution in [0.25, 0.3) is 0 Å². The molecule has 10 heavy (non-hydrogen) atoms. The number of likely N-dealkylation sites (tertiary alicyclic amines) is 1. The Morgan fingerprint density at radius 3 is 2.60 bits per heavy atom. The van der Waals surface area contributed by atoms with Crippen LogP contribution in [-0.4, -0.2) is 25.0 Å². The van der Waals surface area contributed by atoms with Crippen LogP contribution in [0.2, 0.25) is 0 Å². The lowest BCUT2D eigenvalue weighted by atomic mass is 9.89. The summed E-state index contributed by atoms with van der Waals surface area (Å²) in [6.07, 6.45) is 2.80. The van der Waals surface area contributed by atoms with E-state index in [0.29, 0.717) is 0 Å². The molecular formula is C9H19N. The molecule has 0 radical (unpaired) electrons. The zero-order valence-corrected chi connectivity index (χ0v) is 7.43. The van der Waals surface area contributed by atoms with Crippen molar-refractivity contribution in [3.05, 3.63) is 0 Å². The van der Waals surface area contributed by atoms with Crippen molar-refractivity contribution in [2.75, 3.05) is 20.1 Å². The number of hydrogen-bond donors (Lipinski definition) is 0. The molecule has 0 saturated carbocycles. The van der Waals surface area contributed by atoms with E-state index >= 15 is 0 Å². The Balaban J connectivity index is 2.35. The second kappa shape index (κ2) is 3.38. The fourth-order valence-electron chi connectivity index (χ4n) is 2.06. The summed E-state index contributed by atoms with van der Waals surface area (Å²) in [5.41, 5.74) is 0. The Bertz CT molecular complexity index is 90.9. The van der Waals surface area contributed by atoms with Gasteiger partial charge in [-0.25, -0.2) is 0 Å². The normalized spacial score (nSPS) is 36.3. The van der Waals surface area contributed by atoms with Gasteiger partial charge in [0.1, 0.15) is 0 Å². The van der Waals surface area contributed by atoms with Gasteiger partial charge in [0, 0.05) is 13.1 Å². The monoisotopic (exact) mass is 141 g/mol. The van der Waals surface area contributed by atoms with Crippen LogP contribution in [0.1, 0.15) is 26.7 Å². The van der Waals surface area contributed by atoms with Crippen LogP contribution < -0.4 is 0 Å². The van der Waals surface area contributed by atoms with Gasteiger partial charge in [-0.1, -0.05) is 20.3 Å². The lowest BCUT2D eigenvalue weighted by Crippen LogP contribution is -2.36. The molecule has 1 heteroatoms. The number of rotatable bonds is 1. The minimum atomic E-state index is 0.920. The Kier molecular flexibility index (Phi) is 2.72. The van der Waals surface area contributed by atoms with Gasteiger partial charge in [-0.3, -0.25) is 0 Å². The van der Waals surface area contributed by atoms with E-state index in [4.69, 9.17) is 0 Å². The first-order valence-corrected chi connectivity index (χ1v) is 4.41. The van der Waals surface area contributed by atoms with Gasteiger partial charge in [-0.2, -0.15) is 0 Å². The van der Waals surface area contributed by atoms with Crippen molar-refractivity contribution >= 4 is 0 Å². The predicted octanol–water partition coefficient (Wildman–Crippen LogP) is 1.98. The van der Waals surface area contributed by atoms with Crippen molar-refractivity contribution in [1.29, 1.82) is 0 Å². The largest absolute Gasteiger partial charge is 0.306 e. The topological polar surface area (TPSA) is 3.24 Å². The molecule has 0 amide bonds. The molecule has 1 aliphatic rings. The zero-order valence-electron chi connectivity index (χ0n) is 7.43. The van der Waals surface area contributed by atoms with E-state index in [9.17, 15) is 0 Å². The van der Waals surface area contributed by atoms with Gasteiger partial charge in [0.15, 0.2) is 0 Å². The van der Waals surface area contributed by atoms with E-state index in [2.05, 4.69) is 25.8 Å². The Labute approximate surface area is 64.4 Å². The highest BCUT2D eigenvalue weighted by Gasteiger charge is 2.20. The van der Waals surface area contributed by atoms with Gasteiger partial charge in [0.05, 0.1) is 0 Å². The number of nitrogens with zero attached hydrogens (tertiary/aromatic N) is 1. The molecule has 1 saturated heterocycles. The molecule has 1 aliphatic heterocycles. The molecule has 0 N–H and O–H groups in total. The summed E-state index contributed by atoms with van der Waals surface area (Å²) in [4.78, 5) is 2.46. The van der Waals surface area contributed by atoms with Crippen molar-refractivity contribution < 1.29 is 0 Å². The quantitative estimate of drug-likeness (QED) is 0.540.